The number of nitrogens with zero attached hydrogens (tertiary/aromatic N) is 2. The Morgan fingerprint density at radius 3 is 2.04 bits per heavy atom. The van der Waals surface area contributed by atoms with Gasteiger partial charge in [0.15, 0.2) is 11.6 Å². The molecule has 0 saturated heterocycles. The van der Waals surface area contributed by atoms with Crippen LogP contribution in [0.1, 0.15) is 172 Å². The Morgan fingerprint density at radius 1 is 0.769 bits per heavy atom. The lowest BCUT2D eigenvalue weighted by Crippen LogP contribution is -2.46. The van der Waals surface area contributed by atoms with Crippen LogP contribution in [0.15, 0.2) is 54.6 Å². The number of benzene rings is 3. The van der Waals surface area contributed by atoms with Crippen LogP contribution in [0.25, 0.3) is 11.1 Å². The summed E-state index contributed by atoms with van der Waals surface area (Å²) in [6, 6.07) is 15.8. The lowest BCUT2D eigenvalue weighted by atomic mass is 9.87. The number of Topliss-reactive ketones (excluding diaryl/α,β-unsaturated/α-hetero) is 2. The molecule has 0 unspecified atom stereocenters. The van der Waals surface area contributed by atoms with Gasteiger partial charge in [-0.2, -0.15) is 5.26 Å². The number of nitrogens with one attached hydrogen (secondary N) is 3. The van der Waals surface area contributed by atoms with E-state index in [4.69, 9.17) is 23.7 Å². The van der Waals surface area contributed by atoms with E-state index in [1.165, 1.54) is 31.9 Å². The van der Waals surface area contributed by atoms with Gasteiger partial charge in [-0.05, 0) is 120 Å². The van der Waals surface area contributed by atoms with E-state index in [1.54, 1.807) is 90.9 Å². The highest BCUT2D eigenvalue weighted by Gasteiger charge is 2.37. The molecule has 0 saturated carbocycles. The molecule has 4 atom stereocenters. The molecule has 0 fully saturated rings. The van der Waals surface area contributed by atoms with Crippen molar-refractivity contribution >= 4 is 41.5 Å². The number of hydrogen-bond acceptors (Lipinski definition) is 13. The summed E-state index contributed by atoms with van der Waals surface area (Å²) >= 11 is 0. The molecule has 0 radical (unpaired) electrons. The van der Waals surface area contributed by atoms with Crippen LogP contribution in [0.5, 0.6) is 11.5 Å². The highest BCUT2D eigenvalue weighted by Crippen LogP contribution is 2.41. The van der Waals surface area contributed by atoms with Crippen LogP contribution < -0.4 is 25.4 Å². The third kappa shape index (κ3) is 20.4. The van der Waals surface area contributed by atoms with E-state index in [0.29, 0.717) is 64.3 Å². The van der Waals surface area contributed by atoms with Crippen molar-refractivity contribution in [3.8, 4) is 28.7 Å². The first kappa shape index (κ1) is 63.6. The second kappa shape index (κ2) is 30.8. The molecule has 1 heterocycles. The quantitative estimate of drug-likeness (QED) is 0.0311. The van der Waals surface area contributed by atoms with E-state index in [9.17, 15) is 29.2 Å². The van der Waals surface area contributed by atoms with Gasteiger partial charge in [-0.1, -0.05) is 83.2 Å². The van der Waals surface area contributed by atoms with Gasteiger partial charge in [0, 0.05) is 67.8 Å². The van der Waals surface area contributed by atoms with Crippen molar-refractivity contribution in [2.75, 3.05) is 40.5 Å². The van der Waals surface area contributed by atoms with Gasteiger partial charge >= 0.3 is 18.2 Å². The minimum atomic E-state index is -1.33. The van der Waals surface area contributed by atoms with E-state index in [-0.39, 0.29) is 57.6 Å². The number of nitriles is 1. The van der Waals surface area contributed by atoms with Gasteiger partial charge in [0.25, 0.3) is 0 Å². The molecule has 3 aromatic carbocycles. The number of ether oxygens (including phenoxy) is 5. The molecule has 78 heavy (non-hydrogen) atoms. The van der Waals surface area contributed by atoms with Crippen LogP contribution in [0.3, 0.4) is 0 Å². The summed E-state index contributed by atoms with van der Waals surface area (Å²) < 4.78 is 28.7. The van der Waals surface area contributed by atoms with Crippen LogP contribution in [-0.2, 0) is 52.7 Å². The van der Waals surface area contributed by atoms with Gasteiger partial charge in [0.2, 0.25) is 11.8 Å². The number of unbranched alkanes of at least 4 members (excludes halogenated alkanes) is 5. The number of methoxy groups -OCH3 is 1. The number of alkyl carbamates (subject to hydrolysis) is 2. The van der Waals surface area contributed by atoms with Crippen LogP contribution in [0, 0.1) is 23.2 Å². The van der Waals surface area contributed by atoms with Crippen molar-refractivity contribution < 1.29 is 57.2 Å². The number of rotatable bonds is 25. The van der Waals surface area contributed by atoms with Crippen molar-refractivity contribution in [1.82, 2.24) is 20.9 Å². The van der Waals surface area contributed by atoms with E-state index < -0.39 is 70.9 Å². The molecule has 17 nitrogen and oxygen atoms in total. The summed E-state index contributed by atoms with van der Waals surface area (Å²) in [5, 5.41) is 17.8. The maximum absolute atomic E-state index is 15.3. The Bertz CT molecular complexity index is 2580. The zero-order valence-electron chi connectivity index (χ0n) is 48.0. The largest absolute Gasteiger partial charge is 0.493 e. The van der Waals surface area contributed by atoms with Crippen molar-refractivity contribution in [2.24, 2.45) is 11.8 Å². The van der Waals surface area contributed by atoms with E-state index >= 15 is 9.59 Å². The Kier molecular flexibility index (Phi) is 25.1. The third-order valence-corrected chi connectivity index (χ3v) is 13.1. The number of likely N-dealkylation sites (N-methyl/N-ethyl adjacent to an activating group) is 1. The molecule has 4 bridgehead atoms. The average molecular weight is 1080 g/mol. The van der Waals surface area contributed by atoms with Crippen molar-refractivity contribution in [3.63, 3.8) is 0 Å². The fourth-order valence-electron chi connectivity index (χ4n) is 9.26. The molecule has 0 aliphatic carbocycles. The first-order chi connectivity index (χ1) is 37.0. The molecule has 4 amide bonds. The third-order valence-electron chi connectivity index (χ3n) is 13.1. The minimum absolute atomic E-state index is 0.0135. The lowest BCUT2D eigenvalue weighted by molar-refractivity contribution is -0.146. The Morgan fingerprint density at radius 2 is 1.40 bits per heavy atom. The molecule has 0 aromatic heterocycles. The van der Waals surface area contributed by atoms with Crippen LogP contribution in [0.2, 0.25) is 0 Å². The number of carbonyl (C=O) groups is 7. The smallest absolute Gasteiger partial charge is 0.407 e. The van der Waals surface area contributed by atoms with Crippen molar-refractivity contribution in [1.29, 1.82) is 5.26 Å². The van der Waals surface area contributed by atoms with E-state index in [0.717, 1.165) is 37.7 Å². The van der Waals surface area contributed by atoms with Crippen molar-refractivity contribution in [2.45, 2.75) is 175 Å². The second-order valence-electron chi connectivity index (χ2n) is 22.1. The Labute approximate surface area is 462 Å². The number of esters is 1. The molecule has 4 rings (SSSR count). The van der Waals surface area contributed by atoms with E-state index in [2.05, 4.69) is 28.9 Å². The number of carbonyl (C=O) groups excluding carboxylic acids is 7. The number of amides is 4. The minimum Gasteiger partial charge on any atom is -0.493 e. The molecule has 1 aliphatic rings. The summed E-state index contributed by atoms with van der Waals surface area (Å²) in [7, 11) is 2.70. The SMILES string of the molecule is CCCCCCCCc1ccc(C(=O)C[C@@H](CCNC(=O)OC(C)(C)C)C(=O)N(C)[C@@H]2C(=O)C[C@@H](C)C(=O)N[C@H](C(=O)OC)Cc3ccc(OCCNC(=O)OC(C)(C)C)c(c3)-c3cc2ccc3OCCC)c(CCC#N)c1. The van der Waals surface area contributed by atoms with Gasteiger partial charge in [0.1, 0.15) is 41.4 Å². The molecule has 3 aromatic rings. The van der Waals surface area contributed by atoms with Crippen LogP contribution in [0.4, 0.5) is 9.59 Å². The maximum atomic E-state index is 15.3. The van der Waals surface area contributed by atoms with E-state index in [1.807, 2.05) is 19.1 Å². The molecule has 426 valence electrons. The molecule has 17 heteroatoms. The number of ketones is 2. The summed E-state index contributed by atoms with van der Waals surface area (Å²) in [4.78, 5) is 99.0. The lowest BCUT2D eigenvalue weighted by Gasteiger charge is -2.32. The number of aryl methyl sites for hydroxylation is 2. The van der Waals surface area contributed by atoms with Crippen LogP contribution >= 0.6 is 0 Å². The van der Waals surface area contributed by atoms with Crippen LogP contribution in [-0.4, -0.2) is 104 Å². The maximum Gasteiger partial charge on any atom is 0.407 e. The fraction of sp³-hybridized carbons (Fsp3) is 0.574. The summed E-state index contributed by atoms with van der Waals surface area (Å²) in [5.74, 6) is -3.99. The molecular weight excluding hydrogens is 995 g/mol. The number of hydrogen-bond donors (Lipinski definition) is 3. The molecule has 3 N–H and O–H groups in total. The second-order valence-corrected chi connectivity index (χ2v) is 22.1. The monoisotopic (exact) mass is 1080 g/mol. The van der Waals surface area contributed by atoms with Gasteiger partial charge in [0.05, 0.1) is 26.3 Å². The number of fused-ring (bicyclic) bond motifs is 5. The predicted molar refractivity (Wildman–Crippen MR) is 298 cm³/mol. The first-order valence-corrected chi connectivity index (χ1v) is 27.6. The standard InChI is InChI=1S/C61H85N5O12/c1-12-14-15-16-17-18-20-41-22-25-46(43(35-41)21-19-29-62)50(67)39-45(28-30-63-58(72)77-60(4,5)6)56(70)66(10)54-44-24-27-53(75-32-13-2)48(38-44)47-36-42(23-26-52(47)76-33-31-64-59(73)78-61(7,8)9)37-49(57(71)74-11)65-55(69)40(3)34-51(54)68/h22-27,35-36,38,40,45,49,54H,12-21,28,30-34,37,39H2,1-11H3,(H,63,72)(H,64,73)(H,65,69)/t40-,45-,49+,54+/m1/s1. The zero-order chi connectivity index (χ0) is 57.6. The predicted octanol–water partition coefficient (Wildman–Crippen LogP) is 10.5. The van der Waals surface area contributed by atoms with Gasteiger partial charge in [-0.25, -0.2) is 14.4 Å². The highest BCUT2D eigenvalue weighted by molar-refractivity contribution is 6.01. The fourth-order valence-corrected chi connectivity index (χ4v) is 9.26. The summed E-state index contributed by atoms with van der Waals surface area (Å²) in [5.41, 5.74) is 2.60. The Balaban J connectivity index is 1.85. The molecular formula is C61H85N5O12. The molecule has 1 aliphatic heterocycles. The Hall–Kier alpha value is -6.96. The van der Waals surface area contributed by atoms with Crippen molar-refractivity contribution in [3.05, 3.63) is 82.4 Å². The summed E-state index contributed by atoms with van der Waals surface area (Å²) in [6.07, 6.45) is 6.81. The average Bonchev–Trinajstić information content (AvgIpc) is 3.41. The zero-order valence-corrected chi connectivity index (χ0v) is 48.0. The van der Waals surface area contributed by atoms with Gasteiger partial charge in [-0.15, -0.1) is 0 Å². The topological polar surface area (TPSA) is 229 Å². The van der Waals surface area contributed by atoms with Gasteiger partial charge in [-0.3, -0.25) is 19.2 Å². The normalized spacial score (nSPS) is 16.1. The summed E-state index contributed by atoms with van der Waals surface area (Å²) in [6.45, 7) is 16.5. The van der Waals surface area contributed by atoms with Gasteiger partial charge < -0.3 is 44.5 Å². The molecule has 0 spiro atoms. The first-order valence-electron chi connectivity index (χ1n) is 27.6. The highest BCUT2D eigenvalue weighted by atomic mass is 16.6.